The smallest absolute Gasteiger partial charge is 0.224 e. The van der Waals surface area contributed by atoms with E-state index in [9.17, 15) is 4.79 Å². The van der Waals surface area contributed by atoms with E-state index in [0.717, 1.165) is 53.9 Å². The summed E-state index contributed by atoms with van der Waals surface area (Å²) in [4.78, 5) is 24.0. The number of hydrogen-bond acceptors (Lipinski definition) is 5. The molecule has 1 atom stereocenters. The third kappa shape index (κ3) is 3.26. The molecule has 7 heteroatoms. The lowest BCUT2D eigenvalue weighted by Gasteiger charge is -2.28. The zero-order valence-corrected chi connectivity index (χ0v) is 15.8. The Balaban J connectivity index is 1.23. The van der Waals surface area contributed by atoms with Gasteiger partial charge in [-0.05, 0) is 25.5 Å². The number of carbonyl (C=O) groups excluding carboxylic acids is 1. The van der Waals surface area contributed by atoms with E-state index in [1.807, 2.05) is 46.2 Å². The molecule has 1 N–H and O–H groups in total. The molecule has 1 saturated heterocycles. The van der Waals surface area contributed by atoms with Gasteiger partial charge in [-0.25, -0.2) is 9.97 Å². The first kappa shape index (κ1) is 17.3. The lowest BCUT2D eigenvalue weighted by atomic mass is 10.1. The van der Waals surface area contributed by atoms with Gasteiger partial charge in [-0.2, -0.15) is 5.10 Å². The number of fused-ring (bicyclic) bond motifs is 2. The van der Waals surface area contributed by atoms with E-state index in [4.69, 9.17) is 4.98 Å². The molecule has 7 nitrogen and oxygen atoms in total. The van der Waals surface area contributed by atoms with Gasteiger partial charge in [0.1, 0.15) is 5.82 Å². The van der Waals surface area contributed by atoms with Crippen molar-refractivity contribution in [2.24, 2.45) is 0 Å². The van der Waals surface area contributed by atoms with Crippen molar-refractivity contribution < 1.29 is 4.79 Å². The van der Waals surface area contributed by atoms with Crippen molar-refractivity contribution in [1.82, 2.24) is 30.0 Å². The van der Waals surface area contributed by atoms with Gasteiger partial charge < -0.3 is 10.2 Å². The molecule has 0 radical (unpaired) electrons. The second-order valence-corrected chi connectivity index (χ2v) is 7.59. The van der Waals surface area contributed by atoms with Crippen LogP contribution in [-0.4, -0.2) is 43.6 Å². The molecule has 0 aliphatic carbocycles. The maximum Gasteiger partial charge on any atom is 0.224 e. The van der Waals surface area contributed by atoms with Gasteiger partial charge >= 0.3 is 0 Å². The van der Waals surface area contributed by atoms with Crippen molar-refractivity contribution in [1.29, 1.82) is 0 Å². The number of benzene rings is 1. The van der Waals surface area contributed by atoms with Crippen LogP contribution in [0.3, 0.4) is 0 Å². The molecule has 1 amide bonds. The monoisotopic (exact) mass is 376 g/mol. The maximum absolute atomic E-state index is 12.7. The summed E-state index contributed by atoms with van der Waals surface area (Å²) in [5, 5.41) is 8.97. The zero-order chi connectivity index (χ0) is 18.9. The highest BCUT2D eigenvalue weighted by molar-refractivity contribution is 5.79. The summed E-state index contributed by atoms with van der Waals surface area (Å²) in [6, 6.07) is 8.37. The van der Waals surface area contributed by atoms with Crippen LogP contribution in [0.15, 0.2) is 36.7 Å². The lowest BCUT2D eigenvalue weighted by molar-refractivity contribution is -0.132. The first-order valence-electron chi connectivity index (χ1n) is 10.0. The van der Waals surface area contributed by atoms with Gasteiger partial charge in [-0.1, -0.05) is 18.2 Å². The molecule has 5 rings (SSSR count). The molecular formula is C21H24N6O. The molecule has 0 bridgehead atoms. The minimum absolute atomic E-state index is 0.159. The van der Waals surface area contributed by atoms with E-state index in [1.165, 1.54) is 6.42 Å². The van der Waals surface area contributed by atoms with Crippen molar-refractivity contribution in [2.45, 2.75) is 44.8 Å². The van der Waals surface area contributed by atoms with Crippen molar-refractivity contribution in [3.63, 3.8) is 0 Å². The first-order chi connectivity index (χ1) is 13.8. The predicted molar refractivity (Wildman–Crippen MR) is 105 cm³/mol. The van der Waals surface area contributed by atoms with Crippen molar-refractivity contribution in [3.8, 4) is 0 Å². The molecule has 2 aromatic heterocycles. The summed E-state index contributed by atoms with van der Waals surface area (Å²) in [6.07, 6.45) is 7.30. The largest absolute Gasteiger partial charge is 0.338 e. The number of nitrogens with zero attached hydrogens (tertiary/aromatic N) is 5. The predicted octanol–water partition coefficient (Wildman–Crippen LogP) is 2.23. The standard InChI is InChI=1S/C21H24N6O/c28-20(8-11-27-19-6-2-1-4-15(19)13-24-27)26-10-7-17-16(14-26)12-23-21(25-17)18-5-3-9-22-18/h1-2,4,6,12-13,18,22H,3,5,7-11,14H2/t18-/m0/s1. The van der Waals surface area contributed by atoms with E-state index in [-0.39, 0.29) is 11.9 Å². The minimum atomic E-state index is 0.159. The number of rotatable bonds is 4. The van der Waals surface area contributed by atoms with Crippen molar-refractivity contribution in [2.75, 3.05) is 13.1 Å². The molecule has 4 heterocycles. The molecule has 0 unspecified atom stereocenters. The number of para-hydroxylation sites is 1. The Morgan fingerprint density at radius 2 is 2.18 bits per heavy atom. The molecule has 144 valence electrons. The van der Waals surface area contributed by atoms with Gasteiger partial charge in [0.2, 0.25) is 5.91 Å². The summed E-state index contributed by atoms with van der Waals surface area (Å²) in [6.45, 7) is 2.96. The number of nitrogens with one attached hydrogen (secondary N) is 1. The first-order valence-corrected chi connectivity index (χ1v) is 10.0. The molecule has 28 heavy (non-hydrogen) atoms. The highest BCUT2D eigenvalue weighted by atomic mass is 16.2. The Morgan fingerprint density at radius 3 is 3.07 bits per heavy atom. The van der Waals surface area contributed by atoms with Crippen molar-refractivity contribution >= 4 is 16.8 Å². The minimum Gasteiger partial charge on any atom is -0.338 e. The van der Waals surface area contributed by atoms with Crippen LogP contribution in [0.25, 0.3) is 10.9 Å². The van der Waals surface area contributed by atoms with Crippen LogP contribution in [0.2, 0.25) is 0 Å². The maximum atomic E-state index is 12.7. The fourth-order valence-corrected chi connectivity index (χ4v) is 4.18. The molecule has 0 saturated carbocycles. The topological polar surface area (TPSA) is 75.9 Å². The SMILES string of the molecule is O=C(CCn1ncc2ccccc21)N1CCc2nc([C@@H]3CCCN3)ncc2C1. The number of aryl methyl sites for hydroxylation is 1. The molecule has 2 aliphatic heterocycles. The van der Waals surface area contributed by atoms with Crippen LogP contribution in [0.4, 0.5) is 0 Å². The van der Waals surface area contributed by atoms with Crippen LogP contribution in [-0.2, 0) is 24.3 Å². The van der Waals surface area contributed by atoms with Crippen LogP contribution in [0.1, 0.15) is 42.4 Å². The van der Waals surface area contributed by atoms with Gasteiger partial charge in [0.05, 0.1) is 30.0 Å². The summed E-state index contributed by atoms with van der Waals surface area (Å²) >= 11 is 0. The normalized spacial score (nSPS) is 19.1. The Bertz CT molecular complexity index is 1010. The molecule has 0 spiro atoms. The number of aromatic nitrogens is 4. The summed E-state index contributed by atoms with van der Waals surface area (Å²) in [5.41, 5.74) is 3.24. The highest BCUT2D eigenvalue weighted by Gasteiger charge is 2.25. The molecule has 1 aromatic carbocycles. The van der Waals surface area contributed by atoms with Gasteiger partial charge in [0.15, 0.2) is 0 Å². The Kier molecular flexibility index (Phi) is 4.52. The molecule has 1 fully saturated rings. The summed E-state index contributed by atoms with van der Waals surface area (Å²) in [7, 11) is 0. The summed E-state index contributed by atoms with van der Waals surface area (Å²) in [5.74, 6) is 1.06. The fourth-order valence-electron chi connectivity index (χ4n) is 4.18. The van der Waals surface area contributed by atoms with E-state index < -0.39 is 0 Å². The fraction of sp³-hybridized carbons (Fsp3) is 0.429. The Hall–Kier alpha value is -2.80. The average Bonchev–Trinajstić information content (AvgIpc) is 3.41. The zero-order valence-electron chi connectivity index (χ0n) is 15.8. The lowest BCUT2D eigenvalue weighted by Crippen LogP contribution is -2.37. The van der Waals surface area contributed by atoms with Crippen LogP contribution in [0, 0.1) is 0 Å². The second-order valence-electron chi connectivity index (χ2n) is 7.59. The molecule has 2 aliphatic rings. The third-order valence-corrected chi connectivity index (χ3v) is 5.77. The van der Waals surface area contributed by atoms with E-state index in [1.54, 1.807) is 0 Å². The van der Waals surface area contributed by atoms with Crippen LogP contribution < -0.4 is 5.32 Å². The molecule has 3 aromatic rings. The number of amides is 1. The highest BCUT2D eigenvalue weighted by Crippen LogP contribution is 2.23. The Morgan fingerprint density at radius 1 is 1.25 bits per heavy atom. The average molecular weight is 376 g/mol. The second kappa shape index (κ2) is 7.31. The Labute approximate surface area is 163 Å². The van der Waals surface area contributed by atoms with Crippen LogP contribution in [0.5, 0.6) is 0 Å². The van der Waals surface area contributed by atoms with Gasteiger partial charge in [-0.3, -0.25) is 9.48 Å². The quantitative estimate of drug-likeness (QED) is 0.756. The third-order valence-electron chi connectivity index (χ3n) is 5.77. The number of carbonyl (C=O) groups is 1. The van der Waals surface area contributed by atoms with Crippen LogP contribution >= 0.6 is 0 Å². The van der Waals surface area contributed by atoms with Crippen molar-refractivity contribution in [3.05, 3.63) is 53.7 Å². The van der Waals surface area contributed by atoms with E-state index in [0.29, 0.717) is 19.5 Å². The molecular weight excluding hydrogens is 352 g/mol. The van der Waals surface area contributed by atoms with Gasteiger partial charge in [-0.15, -0.1) is 0 Å². The summed E-state index contributed by atoms with van der Waals surface area (Å²) < 4.78 is 1.91. The van der Waals surface area contributed by atoms with Gasteiger partial charge in [0, 0.05) is 43.1 Å². The van der Waals surface area contributed by atoms with E-state index >= 15 is 0 Å². The van der Waals surface area contributed by atoms with Gasteiger partial charge in [0.25, 0.3) is 0 Å². The van der Waals surface area contributed by atoms with E-state index in [2.05, 4.69) is 15.4 Å². The number of hydrogen-bond donors (Lipinski definition) is 1.